The molecule has 1 aromatic rings. The molecule has 0 atom stereocenters. The first kappa shape index (κ1) is 11.7. The number of ether oxygens (including phenoxy) is 2. The summed E-state index contributed by atoms with van der Waals surface area (Å²) in [6, 6.07) is 3.93. The van der Waals surface area contributed by atoms with Gasteiger partial charge in [-0.3, -0.25) is 4.90 Å². The lowest BCUT2D eigenvalue weighted by Crippen LogP contribution is -2.48. The van der Waals surface area contributed by atoms with Crippen LogP contribution in [0.15, 0.2) is 21.2 Å². The highest BCUT2D eigenvalue weighted by molar-refractivity contribution is 9.10. The summed E-state index contributed by atoms with van der Waals surface area (Å²) in [6.45, 7) is 4.18. The topological polar surface area (TPSA) is 34.8 Å². The van der Waals surface area contributed by atoms with Crippen molar-refractivity contribution in [2.75, 3.05) is 26.3 Å². The molecule has 0 bridgehead atoms. The van der Waals surface area contributed by atoms with Gasteiger partial charge >= 0.3 is 0 Å². The van der Waals surface area contributed by atoms with E-state index < -0.39 is 0 Å². The minimum absolute atomic E-state index is 0.345. The maximum atomic E-state index is 5.75. The molecule has 0 N–H and O–H groups in total. The molecule has 0 unspecified atom stereocenters. The van der Waals surface area contributed by atoms with Gasteiger partial charge in [0.2, 0.25) is 0 Å². The summed E-state index contributed by atoms with van der Waals surface area (Å²) in [5.41, 5.74) is 0. The summed E-state index contributed by atoms with van der Waals surface area (Å²) in [6.07, 6.45) is 2.12. The summed E-state index contributed by atoms with van der Waals surface area (Å²) in [5, 5.41) is 0. The molecule has 17 heavy (non-hydrogen) atoms. The Hall–Kier alpha value is -0.360. The smallest absolute Gasteiger partial charge is 0.181 e. The number of piperidine rings is 1. The molecule has 3 heterocycles. The predicted octanol–water partition coefficient (Wildman–Crippen LogP) is 2.38. The first-order valence-corrected chi connectivity index (χ1v) is 6.80. The lowest BCUT2D eigenvalue weighted by atomic mass is 10.0. The summed E-state index contributed by atoms with van der Waals surface area (Å²) in [5.74, 6) is 0.633. The van der Waals surface area contributed by atoms with Gasteiger partial charge in [-0.25, -0.2) is 0 Å². The van der Waals surface area contributed by atoms with Crippen molar-refractivity contribution in [3.8, 4) is 0 Å². The Labute approximate surface area is 109 Å². The number of furan rings is 1. The van der Waals surface area contributed by atoms with E-state index >= 15 is 0 Å². The van der Waals surface area contributed by atoms with Gasteiger partial charge in [-0.2, -0.15) is 0 Å². The molecule has 5 heteroatoms. The fourth-order valence-corrected chi connectivity index (χ4v) is 2.94. The molecule has 2 aliphatic heterocycles. The van der Waals surface area contributed by atoms with Crippen LogP contribution < -0.4 is 0 Å². The Kier molecular flexibility index (Phi) is 3.25. The number of nitrogens with zero attached hydrogens (tertiary/aromatic N) is 1. The molecule has 2 aliphatic rings. The third kappa shape index (κ3) is 2.57. The summed E-state index contributed by atoms with van der Waals surface area (Å²) in [7, 11) is 0. The Bertz CT molecular complexity index is 387. The van der Waals surface area contributed by atoms with Crippen LogP contribution in [0.2, 0.25) is 0 Å². The van der Waals surface area contributed by atoms with E-state index in [1.54, 1.807) is 0 Å². The van der Waals surface area contributed by atoms with Crippen molar-refractivity contribution >= 4 is 15.9 Å². The molecule has 2 saturated heterocycles. The highest BCUT2D eigenvalue weighted by Gasteiger charge is 2.40. The lowest BCUT2D eigenvalue weighted by Gasteiger charge is -2.38. The van der Waals surface area contributed by atoms with Crippen molar-refractivity contribution in [3.05, 3.63) is 22.6 Å². The van der Waals surface area contributed by atoms with E-state index in [-0.39, 0.29) is 5.79 Å². The van der Waals surface area contributed by atoms with Gasteiger partial charge in [-0.15, -0.1) is 0 Å². The molecule has 0 saturated carbocycles. The fraction of sp³-hybridized carbons (Fsp3) is 0.667. The molecule has 1 spiro atoms. The number of rotatable bonds is 2. The third-order valence-electron chi connectivity index (χ3n) is 3.32. The van der Waals surface area contributed by atoms with Gasteiger partial charge in [0.15, 0.2) is 10.5 Å². The number of hydrogen-bond acceptors (Lipinski definition) is 4. The van der Waals surface area contributed by atoms with Crippen LogP contribution in [0.1, 0.15) is 18.6 Å². The molecule has 1 aromatic heterocycles. The number of hydrogen-bond donors (Lipinski definition) is 0. The molecule has 2 fully saturated rings. The molecule has 0 aliphatic carbocycles. The highest BCUT2D eigenvalue weighted by atomic mass is 79.9. The second-order valence-corrected chi connectivity index (χ2v) is 5.41. The maximum absolute atomic E-state index is 5.75. The first-order chi connectivity index (χ1) is 8.26. The molecular formula is C12H16BrNO3. The van der Waals surface area contributed by atoms with E-state index in [1.807, 2.05) is 12.1 Å². The van der Waals surface area contributed by atoms with Crippen LogP contribution in [0.5, 0.6) is 0 Å². The Morgan fingerprint density at radius 1 is 1.29 bits per heavy atom. The predicted molar refractivity (Wildman–Crippen MR) is 65.6 cm³/mol. The molecule has 3 rings (SSSR count). The van der Waals surface area contributed by atoms with Gasteiger partial charge in [0.05, 0.1) is 26.3 Å². The van der Waals surface area contributed by atoms with Crippen LogP contribution in [-0.4, -0.2) is 37.0 Å². The quantitative estimate of drug-likeness (QED) is 0.840. The molecular weight excluding hydrogens is 286 g/mol. The Morgan fingerprint density at radius 3 is 2.82 bits per heavy atom. The molecule has 0 aromatic carbocycles. The second-order valence-electron chi connectivity index (χ2n) is 4.63. The molecule has 4 nitrogen and oxygen atoms in total. The van der Waals surface area contributed by atoms with Gasteiger partial charge in [0.25, 0.3) is 0 Å². The van der Waals surface area contributed by atoms with E-state index in [1.165, 1.54) is 0 Å². The van der Waals surface area contributed by atoms with Crippen LogP contribution in [0.3, 0.4) is 0 Å². The minimum atomic E-state index is -0.345. The van der Waals surface area contributed by atoms with Gasteiger partial charge in [0.1, 0.15) is 5.76 Å². The van der Waals surface area contributed by atoms with Crippen molar-refractivity contribution < 1.29 is 13.9 Å². The van der Waals surface area contributed by atoms with Crippen molar-refractivity contribution in [2.45, 2.75) is 25.2 Å². The molecule has 0 radical (unpaired) electrons. The van der Waals surface area contributed by atoms with E-state index in [4.69, 9.17) is 13.9 Å². The number of halogens is 1. The summed E-state index contributed by atoms with van der Waals surface area (Å²) >= 11 is 3.32. The van der Waals surface area contributed by atoms with E-state index in [9.17, 15) is 0 Å². The van der Waals surface area contributed by atoms with Crippen molar-refractivity contribution in [2.24, 2.45) is 0 Å². The summed E-state index contributed by atoms with van der Waals surface area (Å²) < 4.78 is 17.8. The van der Waals surface area contributed by atoms with Crippen LogP contribution in [0.25, 0.3) is 0 Å². The average Bonchev–Trinajstić information content (AvgIpc) is 2.89. The minimum Gasteiger partial charge on any atom is -0.453 e. The zero-order valence-electron chi connectivity index (χ0n) is 9.65. The highest BCUT2D eigenvalue weighted by Crippen LogP contribution is 2.31. The van der Waals surface area contributed by atoms with Crippen LogP contribution in [0, 0.1) is 0 Å². The monoisotopic (exact) mass is 301 g/mol. The van der Waals surface area contributed by atoms with Crippen LogP contribution >= 0.6 is 15.9 Å². The van der Waals surface area contributed by atoms with Gasteiger partial charge in [-0.05, 0) is 41.0 Å². The Balaban J connectivity index is 1.64. The van der Waals surface area contributed by atoms with E-state index in [0.717, 1.165) is 56.1 Å². The third-order valence-corrected chi connectivity index (χ3v) is 3.74. The standard InChI is InChI=1S/C12H16BrNO3/c13-11-3-2-10(17-11)8-14-5-1-4-12(9-14)15-6-7-16-12/h2-3H,1,4-9H2. The fourth-order valence-electron chi connectivity index (χ4n) is 2.60. The lowest BCUT2D eigenvalue weighted by molar-refractivity contribution is -0.190. The van der Waals surface area contributed by atoms with Crippen LogP contribution in [-0.2, 0) is 16.0 Å². The zero-order valence-corrected chi connectivity index (χ0v) is 11.2. The zero-order chi connectivity index (χ0) is 11.7. The maximum Gasteiger partial charge on any atom is 0.181 e. The van der Waals surface area contributed by atoms with Crippen molar-refractivity contribution in [3.63, 3.8) is 0 Å². The van der Waals surface area contributed by atoms with Gasteiger partial charge in [-0.1, -0.05) is 0 Å². The van der Waals surface area contributed by atoms with Gasteiger partial charge in [0, 0.05) is 6.42 Å². The number of likely N-dealkylation sites (tertiary alicyclic amines) is 1. The summed E-state index contributed by atoms with van der Waals surface area (Å²) in [4.78, 5) is 2.33. The van der Waals surface area contributed by atoms with E-state index in [0.29, 0.717) is 0 Å². The molecule has 94 valence electrons. The average molecular weight is 302 g/mol. The molecule has 0 amide bonds. The van der Waals surface area contributed by atoms with Crippen molar-refractivity contribution in [1.29, 1.82) is 0 Å². The van der Waals surface area contributed by atoms with Crippen molar-refractivity contribution in [1.82, 2.24) is 4.90 Å². The normalized spacial score (nSPS) is 24.5. The van der Waals surface area contributed by atoms with Gasteiger partial charge < -0.3 is 13.9 Å². The SMILES string of the molecule is Brc1ccc(CN2CCCC3(C2)OCCO3)o1. The van der Waals surface area contributed by atoms with Crippen LogP contribution in [0.4, 0.5) is 0 Å². The van der Waals surface area contributed by atoms with E-state index in [2.05, 4.69) is 20.8 Å². The first-order valence-electron chi connectivity index (χ1n) is 6.00. The Morgan fingerprint density at radius 2 is 2.12 bits per heavy atom. The second kappa shape index (κ2) is 4.72. The largest absolute Gasteiger partial charge is 0.453 e.